The van der Waals surface area contributed by atoms with Crippen molar-refractivity contribution in [3.8, 4) is 0 Å². The maximum atomic E-state index is 5.56. The van der Waals surface area contributed by atoms with E-state index in [1.54, 1.807) is 7.11 Å². The van der Waals surface area contributed by atoms with Crippen LogP contribution in [0.15, 0.2) is 0 Å². The first-order valence-electron chi connectivity index (χ1n) is 7.72. The van der Waals surface area contributed by atoms with Gasteiger partial charge in [0.1, 0.15) is 0 Å². The van der Waals surface area contributed by atoms with Crippen molar-refractivity contribution < 1.29 is 14.2 Å². The van der Waals surface area contributed by atoms with Crippen molar-refractivity contribution in [3.63, 3.8) is 0 Å². The molecule has 116 valence electrons. The molecular formula is C15H33NO3. The van der Waals surface area contributed by atoms with Gasteiger partial charge in [-0.25, -0.2) is 0 Å². The van der Waals surface area contributed by atoms with E-state index in [4.69, 9.17) is 14.2 Å². The molecule has 4 nitrogen and oxygen atoms in total. The van der Waals surface area contributed by atoms with Crippen LogP contribution in [0.1, 0.15) is 46.0 Å². The fourth-order valence-electron chi connectivity index (χ4n) is 1.86. The van der Waals surface area contributed by atoms with Gasteiger partial charge in [0, 0.05) is 33.0 Å². The lowest BCUT2D eigenvalue weighted by Crippen LogP contribution is -2.29. The fraction of sp³-hybridized carbons (Fsp3) is 1.00. The molecule has 0 aliphatic rings. The summed E-state index contributed by atoms with van der Waals surface area (Å²) in [5, 5.41) is 3.56. The monoisotopic (exact) mass is 275 g/mol. The van der Waals surface area contributed by atoms with Gasteiger partial charge in [-0.05, 0) is 38.6 Å². The molecule has 0 aromatic heterocycles. The summed E-state index contributed by atoms with van der Waals surface area (Å²) in [6.45, 7) is 9.32. The zero-order valence-corrected chi connectivity index (χ0v) is 13.1. The third-order valence-corrected chi connectivity index (χ3v) is 3.03. The summed E-state index contributed by atoms with van der Waals surface area (Å²) in [5.41, 5.74) is 0. The highest BCUT2D eigenvalue weighted by atomic mass is 16.5. The van der Waals surface area contributed by atoms with Crippen molar-refractivity contribution in [1.29, 1.82) is 0 Å². The van der Waals surface area contributed by atoms with E-state index in [0.717, 1.165) is 39.2 Å². The van der Waals surface area contributed by atoms with Gasteiger partial charge in [0.05, 0.1) is 13.2 Å². The van der Waals surface area contributed by atoms with Gasteiger partial charge in [0.25, 0.3) is 0 Å². The Morgan fingerprint density at radius 3 is 2.16 bits per heavy atom. The molecule has 0 amide bonds. The molecule has 0 saturated carbocycles. The number of hydrogen-bond acceptors (Lipinski definition) is 4. The van der Waals surface area contributed by atoms with Crippen LogP contribution < -0.4 is 5.32 Å². The molecule has 0 fully saturated rings. The molecule has 1 atom stereocenters. The average molecular weight is 275 g/mol. The van der Waals surface area contributed by atoms with Crippen molar-refractivity contribution in [2.45, 2.75) is 52.0 Å². The quantitative estimate of drug-likeness (QED) is 0.466. The summed E-state index contributed by atoms with van der Waals surface area (Å²) in [6.07, 6.45) is 5.68. The van der Waals surface area contributed by atoms with Crippen LogP contribution >= 0.6 is 0 Å². The zero-order valence-electron chi connectivity index (χ0n) is 13.1. The minimum atomic E-state index is 0.647. The predicted molar refractivity (Wildman–Crippen MR) is 79.7 cm³/mol. The molecule has 0 bridgehead atoms. The Balaban J connectivity index is 3.16. The molecule has 0 aromatic carbocycles. The highest BCUT2D eigenvalue weighted by molar-refractivity contribution is 4.63. The topological polar surface area (TPSA) is 39.7 Å². The normalized spacial score (nSPS) is 12.8. The summed E-state index contributed by atoms with van der Waals surface area (Å²) >= 11 is 0. The first-order valence-corrected chi connectivity index (χ1v) is 7.72. The SMILES string of the molecule is CCCNC(CC)CCCOCCOCCCOC. The Hall–Kier alpha value is -0.160. The van der Waals surface area contributed by atoms with Crippen LogP contribution in [0.3, 0.4) is 0 Å². The summed E-state index contributed by atoms with van der Waals surface area (Å²) in [4.78, 5) is 0. The number of methoxy groups -OCH3 is 1. The van der Waals surface area contributed by atoms with E-state index in [1.165, 1.54) is 19.3 Å². The Bertz CT molecular complexity index is 167. The molecule has 0 saturated heterocycles. The van der Waals surface area contributed by atoms with Gasteiger partial charge < -0.3 is 19.5 Å². The fourth-order valence-corrected chi connectivity index (χ4v) is 1.86. The molecule has 1 N–H and O–H groups in total. The van der Waals surface area contributed by atoms with Crippen LogP contribution in [-0.4, -0.2) is 52.7 Å². The molecule has 4 heteroatoms. The number of rotatable bonds is 15. The predicted octanol–water partition coefficient (Wildman–Crippen LogP) is 2.61. The number of ether oxygens (including phenoxy) is 3. The van der Waals surface area contributed by atoms with E-state index in [-0.39, 0.29) is 0 Å². The maximum absolute atomic E-state index is 5.56. The summed E-state index contributed by atoms with van der Waals surface area (Å²) in [7, 11) is 1.71. The van der Waals surface area contributed by atoms with Crippen molar-refractivity contribution in [2.24, 2.45) is 0 Å². The van der Waals surface area contributed by atoms with Crippen molar-refractivity contribution in [2.75, 3.05) is 46.7 Å². The molecule has 1 unspecified atom stereocenters. The third-order valence-electron chi connectivity index (χ3n) is 3.03. The minimum absolute atomic E-state index is 0.647. The Morgan fingerprint density at radius 2 is 1.58 bits per heavy atom. The molecule has 0 heterocycles. The average Bonchev–Trinajstić information content (AvgIpc) is 2.44. The van der Waals surface area contributed by atoms with Gasteiger partial charge in [-0.15, -0.1) is 0 Å². The summed E-state index contributed by atoms with van der Waals surface area (Å²) < 4.78 is 15.9. The van der Waals surface area contributed by atoms with Crippen molar-refractivity contribution >= 4 is 0 Å². The van der Waals surface area contributed by atoms with E-state index < -0.39 is 0 Å². The molecule has 0 radical (unpaired) electrons. The summed E-state index contributed by atoms with van der Waals surface area (Å²) in [6, 6.07) is 0.647. The van der Waals surface area contributed by atoms with E-state index in [9.17, 15) is 0 Å². The van der Waals surface area contributed by atoms with Crippen LogP contribution in [0, 0.1) is 0 Å². The van der Waals surface area contributed by atoms with Crippen molar-refractivity contribution in [1.82, 2.24) is 5.32 Å². The standard InChI is InChI=1S/C15H33NO3/c1-4-9-16-15(5-2)8-6-11-18-13-14-19-12-7-10-17-3/h15-16H,4-14H2,1-3H3. The highest BCUT2D eigenvalue weighted by Gasteiger charge is 2.03. The van der Waals surface area contributed by atoms with Gasteiger partial charge in [-0.3, -0.25) is 0 Å². The molecule has 19 heavy (non-hydrogen) atoms. The molecule has 0 aromatic rings. The first kappa shape index (κ1) is 18.8. The lowest BCUT2D eigenvalue weighted by Gasteiger charge is -2.16. The van der Waals surface area contributed by atoms with E-state index in [1.807, 2.05) is 0 Å². The molecular weight excluding hydrogens is 242 g/mol. The van der Waals surface area contributed by atoms with Crippen LogP contribution in [0.25, 0.3) is 0 Å². The Morgan fingerprint density at radius 1 is 0.895 bits per heavy atom. The lowest BCUT2D eigenvalue weighted by atomic mass is 10.1. The molecule has 0 spiro atoms. The van der Waals surface area contributed by atoms with E-state index in [0.29, 0.717) is 19.3 Å². The first-order chi connectivity index (χ1) is 9.35. The Labute approximate surface area is 119 Å². The smallest absolute Gasteiger partial charge is 0.0700 e. The van der Waals surface area contributed by atoms with Gasteiger partial charge in [-0.1, -0.05) is 13.8 Å². The number of hydrogen-bond donors (Lipinski definition) is 1. The van der Waals surface area contributed by atoms with E-state index in [2.05, 4.69) is 19.2 Å². The molecule has 0 rings (SSSR count). The largest absolute Gasteiger partial charge is 0.385 e. The van der Waals surface area contributed by atoms with Crippen LogP contribution in [0.4, 0.5) is 0 Å². The second kappa shape index (κ2) is 15.9. The highest BCUT2D eigenvalue weighted by Crippen LogP contribution is 2.02. The number of nitrogens with one attached hydrogen (secondary N) is 1. The third kappa shape index (κ3) is 14.1. The molecule has 0 aliphatic heterocycles. The van der Waals surface area contributed by atoms with Gasteiger partial charge in [0.2, 0.25) is 0 Å². The minimum Gasteiger partial charge on any atom is -0.385 e. The van der Waals surface area contributed by atoms with Gasteiger partial charge in [-0.2, -0.15) is 0 Å². The second-order valence-electron chi connectivity index (χ2n) is 4.77. The maximum Gasteiger partial charge on any atom is 0.0700 e. The zero-order chi connectivity index (χ0) is 14.2. The lowest BCUT2D eigenvalue weighted by molar-refractivity contribution is 0.0382. The second-order valence-corrected chi connectivity index (χ2v) is 4.77. The summed E-state index contributed by atoms with van der Waals surface area (Å²) in [5.74, 6) is 0. The van der Waals surface area contributed by atoms with Gasteiger partial charge >= 0.3 is 0 Å². The van der Waals surface area contributed by atoms with Crippen LogP contribution in [-0.2, 0) is 14.2 Å². The van der Waals surface area contributed by atoms with Crippen molar-refractivity contribution in [3.05, 3.63) is 0 Å². The van der Waals surface area contributed by atoms with Crippen LogP contribution in [0.2, 0.25) is 0 Å². The Kier molecular flexibility index (Phi) is 15.8. The van der Waals surface area contributed by atoms with Crippen LogP contribution in [0.5, 0.6) is 0 Å². The van der Waals surface area contributed by atoms with Gasteiger partial charge in [0.15, 0.2) is 0 Å². The molecule has 0 aliphatic carbocycles. The van der Waals surface area contributed by atoms with E-state index >= 15 is 0 Å².